The summed E-state index contributed by atoms with van der Waals surface area (Å²) in [5.41, 5.74) is 4.28. The first-order chi connectivity index (χ1) is 23.5. The fourth-order valence-corrected chi connectivity index (χ4v) is 7.57. The van der Waals surface area contributed by atoms with Crippen LogP contribution < -0.4 is 27.6 Å². The first-order valence-electron chi connectivity index (χ1n) is 15.7. The van der Waals surface area contributed by atoms with Crippen LogP contribution in [0.25, 0.3) is 11.2 Å². The molecule has 22 heteroatoms. The smallest absolute Gasteiger partial charge is 0.394 e. The van der Waals surface area contributed by atoms with Gasteiger partial charge in [0.15, 0.2) is 17.4 Å². The molecule has 0 bridgehead atoms. The van der Waals surface area contributed by atoms with E-state index in [2.05, 4.69) is 29.9 Å². The molecule has 3 aromatic rings. The zero-order valence-electron chi connectivity index (χ0n) is 26.8. The summed E-state index contributed by atoms with van der Waals surface area (Å²) in [5, 5.41) is 24.2. The molecular formula is C27H40N9O12P. The molecule has 8 atom stereocenters. The number of aliphatic hydroxyl groups excluding tert-OH is 2. The second kappa shape index (κ2) is 14.9. The van der Waals surface area contributed by atoms with Crippen LogP contribution in [0.2, 0.25) is 0 Å². The Morgan fingerprint density at radius 2 is 1.92 bits per heavy atom. The largest absolute Gasteiger partial charge is 0.406 e. The Bertz CT molecular complexity index is 1840. The van der Waals surface area contributed by atoms with Gasteiger partial charge in [0.1, 0.15) is 36.7 Å². The lowest BCUT2D eigenvalue weighted by molar-refractivity contribution is -0.0600. The Balaban J connectivity index is 1.20. The van der Waals surface area contributed by atoms with E-state index in [0.717, 1.165) is 0 Å². The number of rotatable bonds is 13. The minimum atomic E-state index is -4.24. The van der Waals surface area contributed by atoms with Crippen LogP contribution >= 0.6 is 7.75 Å². The molecule has 270 valence electrons. The molecule has 3 aliphatic heterocycles. The number of nitrogens with two attached hydrogens (primary N) is 1. The van der Waals surface area contributed by atoms with E-state index in [1.807, 2.05) is 0 Å². The Labute approximate surface area is 277 Å². The number of H-pyrrole nitrogens is 2. The molecule has 0 radical (unpaired) electrons. The summed E-state index contributed by atoms with van der Waals surface area (Å²) in [7, 11) is -2.88. The van der Waals surface area contributed by atoms with Gasteiger partial charge in [0.2, 0.25) is 5.95 Å². The molecule has 3 saturated heterocycles. The van der Waals surface area contributed by atoms with Crippen LogP contribution in [0.15, 0.2) is 26.9 Å². The average Bonchev–Trinajstić information content (AvgIpc) is 3.77. The van der Waals surface area contributed by atoms with Gasteiger partial charge in [-0.25, -0.2) is 19.4 Å². The van der Waals surface area contributed by atoms with Gasteiger partial charge >= 0.3 is 13.4 Å². The van der Waals surface area contributed by atoms with E-state index in [-0.39, 0.29) is 35.6 Å². The molecule has 49 heavy (non-hydrogen) atoms. The normalized spacial score (nSPS) is 29.1. The fraction of sp³-hybridized carbons (Fsp3) is 0.667. The molecule has 6 rings (SSSR count). The number of fused-ring (bicyclic) bond motifs is 1. The number of nitrogens with zero attached hydrogens (tertiary/aromatic N) is 5. The number of aliphatic hydroxyl groups is 2. The van der Waals surface area contributed by atoms with E-state index in [0.29, 0.717) is 32.8 Å². The average molecular weight is 714 g/mol. The van der Waals surface area contributed by atoms with Gasteiger partial charge in [0.05, 0.1) is 32.8 Å². The molecule has 6 heterocycles. The van der Waals surface area contributed by atoms with Crippen molar-refractivity contribution in [2.45, 2.75) is 56.3 Å². The third kappa shape index (κ3) is 7.56. The van der Waals surface area contributed by atoms with E-state index in [1.54, 1.807) is 0 Å². The quantitative estimate of drug-likeness (QED) is 0.100. The molecule has 3 aromatic heterocycles. The summed E-state index contributed by atoms with van der Waals surface area (Å²) in [5.74, 6) is -0.146. The number of nitrogens with one attached hydrogen (secondary N) is 3. The van der Waals surface area contributed by atoms with Crippen molar-refractivity contribution in [3.8, 4) is 0 Å². The standard InChI is InChI=1S/C27H40N9O12P/c1-14-10-35(27(41)33-23(14)39)18-9-15(16(11-37)46-18)48-49(42,30-3-4-34-5-7-44-8-6-34)45-12-17-20(38)21(43-2)25(47-17)36-13-29-19-22(36)31-26(28)32-24(19)40/h10,13,15-18,20-21,25,37-38H,3-9,11-12H2,1-2H3,(H,30,42)(H,33,39,41)(H3,28,31,32,40). The highest BCUT2D eigenvalue weighted by Crippen LogP contribution is 2.49. The summed E-state index contributed by atoms with van der Waals surface area (Å²) in [6, 6.07) is 0. The van der Waals surface area contributed by atoms with Crippen LogP contribution in [-0.2, 0) is 32.6 Å². The number of morpholine rings is 1. The first kappa shape index (κ1) is 35.5. The molecule has 7 N–H and O–H groups in total. The molecule has 21 nitrogen and oxygen atoms in total. The van der Waals surface area contributed by atoms with Crippen LogP contribution in [0.5, 0.6) is 0 Å². The number of nitrogen functional groups attached to an aromatic ring is 1. The number of imidazole rings is 1. The van der Waals surface area contributed by atoms with Crippen molar-refractivity contribution in [3.63, 3.8) is 0 Å². The number of aromatic nitrogens is 6. The highest BCUT2D eigenvalue weighted by atomic mass is 31.2. The van der Waals surface area contributed by atoms with Crippen molar-refractivity contribution >= 4 is 24.9 Å². The lowest BCUT2D eigenvalue weighted by Gasteiger charge is -2.29. The van der Waals surface area contributed by atoms with Gasteiger partial charge in [-0.3, -0.25) is 42.6 Å². The van der Waals surface area contributed by atoms with E-state index in [4.69, 9.17) is 33.7 Å². The van der Waals surface area contributed by atoms with E-state index in [9.17, 15) is 29.2 Å². The number of hydrogen-bond acceptors (Lipinski definition) is 16. The molecule has 0 spiro atoms. The van der Waals surface area contributed by atoms with Crippen molar-refractivity contribution in [1.82, 2.24) is 39.1 Å². The zero-order valence-corrected chi connectivity index (χ0v) is 27.7. The van der Waals surface area contributed by atoms with E-state index >= 15 is 0 Å². The third-order valence-corrected chi connectivity index (χ3v) is 10.3. The summed E-state index contributed by atoms with van der Waals surface area (Å²) in [6.07, 6.45) is -4.75. The second-order valence-corrected chi connectivity index (χ2v) is 13.6. The van der Waals surface area contributed by atoms with Gasteiger partial charge in [0, 0.05) is 51.5 Å². The van der Waals surface area contributed by atoms with Crippen LogP contribution in [0.4, 0.5) is 5.95 Å². The van der Waals surface area contributed by atoms with Crippen LogP contribution in [-0.4, -0.2) is 134 Å². The molecule has 0 aliphatic carbocycles. The van der Waals surface area contributed by atoms with Crippen molar-refractivity contribution in [1.29, 1.82) is 0 Å². The van der Waals surface area contributed by atoms with E-state index in [1.165, 1.54) is 35.7 Å². The van der Waals surface area contributed by atoms with Crippen LogP contribution in [0.3, 0.4) is 0 Å². The van der Waals surface area contributed by atoms with Crippen LogP contribution in [0, 0.1) is 6.92 Å². The van der Waals surface area contributed by atoms with Gasteiger partial charge < -0.3 is 34.9 Å². The Morgan fingerprint density at radius 3 is 2.65 bits per heavy atom. The predicted molar refractivity (Wildman–Crippen MR) is 169 cm³/mol. The Kier molecular flexibility index (Phi) is 10.8. The molecular weight excluding hydrogens is 673 g/mol. The third-order valence-electron chi connectivity index (χ3n) is 8.65. The van der Waals surface area contributed by atoms with Gasteiger partial charge in [-0.15, -0.1) is 0 Å². The number of aromatic amines is 2. The summed E-state index contributed by atoms with van der Waals surface area (Å²) < 4.78 is 51.7. The Hall–Kier alpha value is -3.34. The number of anilines is 1. The van der Waals surface area contributed by atoms with Gasteiger partial charge in [-0.2, -0.15) is 4.98 Å². The zero-order chi connectivity index (χ0) is 34.9. The number of methoxy groups -OCH3 is 1. The second-order valence-electron chi connectivity index (χ2n) is 11.9. The molecule has 0 aromatic carbocycles. The minimum Gasteiger partial charge on any atom is -0.394 e. The summed E-state index contributed by atoms with van der Waals surface area (Å²) >= 11 is 0. The SMILES string of the molecule is COC1C(O)C(COP(=O)(NCCN2CCOCC2)OC2CC(n3cc(C)c(=O)[nH]c3=O)OC2CO)OC1n1cnc2c(=O)[nH]c(N)nc21. The Morgan fingerprint density at radius 1 is 1.14 bits per heavy atom. The van der Waals surface area contributed by atoms with Crippen molar-refractivity contribution in [2.75, 3.05) is 65.5 Å². The van der Waals surface area contributed by atoms with Crippen LogP contribution in [0.1, 0.15) is 24.4 Å². The molecule has 0 amide bonds. The number of ether oxygens (including phenoxy) is 4. The molecule has 3 aliphatic rings. The fourth-order valence-electron chi connectivity index (χ4n) is 6.04. The predicted octanol–water partition coefficient (Wildman–Crippen LogP) is -2.45. The highest BCUT2D eigenvalue weighted by molar-refractivity contribution is 7.51. The van der Waals surface area contributed by atoms with Crippen molar-refractivity contribution < 1.29 is 42.8 Å². The lowest BCUT2D eigenvalue weighted by Crippen LogP contribution is -2.40. The van der Waals surface area contributed by atoms with Gasteiger partial charge in [0.25, 0.3) is 11.1 Å². The summed E-state index contributed by atoms with van der Waals surface area (Å²) in [6.45, 7) is 3.71. The monoisotopic (exact) mass is 713 g/mol. The maximum Gasteiger partial charge on any atom is 0.406 e. The lowest BCUT2D eigenvalue weighted by atomic mass is 10.1. The molecule has 8 unspecified atom stereocenters. The number of hydrogen-bond donors (Lipinski definition) is 6. The van der Waals surface area contributed by atoms with Gasteiger partial charge in [-0.1, -0.05) is 0 Å². The summed E-state index contributed by atoms with van der Waals surface area (Å²) in [4.78, 5) is 51.7. The van der Waals surface area contributed by atoms with E-state index < -0.39 is 80.7 Å². The minimum absolute atomic E-state index is 0.000906. The highest BCUT2D eigenvalue weighted by Gasteiger charge is 2.48. The first-order valence-corrected chi connectivity index (χ1v) is 17.2. The van der Waals surface area contributed by atoms with Crippen molar-refractivity contribution in [2.24, 2.45) is 0 Å². The number of aryl methyl sites for hydroxylation is 1. The maximum atomic E-state index is 14.4. The molecule has 0 saturated carbocycles. The van der Waals surface area contributed by atoms with Crippen molar-refractivity contribution in [3.05, 3.63) is 49.3 Å². The topological polar surface area (TPSA) is 273 Å². The van der Waals surface area contributed by atoms with Gasteiger partial charge in [-0.05, 0) is 6.92 Å². The maximum absolute atomic E-state index is 14.4. The molecule has 3 fully saturated rings.